The second-order valence-electron chi connectivity index (χ2n) is 25.1. The van der Waals surface area contributed by atoms with Gasteiger partial charge in [-0.1, -0.05) is 328 Å². The summed E-state index contributed by atoms with van der Waals surface area (Å²) in [6, 6.07) is 17.2. The maximum absolute atomic E-state index is 6.75. The van der Waals surface area contributed by atoms with E-state index in [1.54, 1.807) is 0 Å². The van der Waals surface area contributed by atoms with Crippen LogP contribution in [0.15, 0.2) is 48.5 Å². The highest BCUT2D eigenvalue weighted by atomic mass is 16.5. The van der Waals surface area contributed by atoms with E-state index in [-0.39, 0.29) is 5.54 Å². The lowest BCUT2D eigenvalue weighted by Gasteiger charge is -2.20. The van der Waals surface area contributed by atoms with Crippen LogP contribution in [0.4, 0.5) is 0 Å². The smallest absolute Gasteiger partial charge is 0.203 e. The molecule has 5 nitrogen and oxygen atoms in total. The molecule has 0 radical (unpaired) electrons. The van der Waals surface area contributed by atoms with Crippen molar-refractivity contribution < 1.29 is 18.9 Å². The van der Waals surface area contributed by atoms with E-state index in [1.807, 2.05) is 0 Å². The molecule has 0 saturated heterocycles. The predicted molar refractivity (Wildman–Crippen MR) is 347 cm³/mol. The van der Waals surface area contributed by atoms with Crippen molar-refractivity contribution >= 4 is 10.8 Å². The Morgan fingerprint density at radius 3 is 0.899 bits per heavy atom. The number of hydrogen-bond acceptors (Lipinski definition) is 5. The molecule has 3 aromatic carbocycles. The summed E-state index contributed by atoms with van der Waals surface area (Å²) < 4.78 is 26.8. The fourth-order valence-corrected chi connectivity index (χ4v) is 11.4. The number of ether oxygens (including phenoxy) is 4. The minimum Gasteiger partial charge on any atom is -0.490 e. The van der Waals surface area contributed by atoms with E-state index in [0.29, 0.717) is 26.4 Å². The Hall–Kier alpha value is -2.92. The van der Waals surface area contributed by atoms with Crippen molar-refractivity contribution in [1.82, 2.24) is 0 Å². The average Bonchev–Trinajstić information content (AvgIpc) is 3.45. The highest BCUT2D eigenvalue weighted by Crippen LogP contribution is 2.40. The number of rotatable bonds is 58. The molecule has 0 aliphatic rings. The second-order valence-corrected chi connectivity index (χ2v) is 25.1. The predicted octanol–water partition coefficient (Wildman–Crippen LogP) is 24.5. The molecule has 3 rings (SSSR count). The lowest BCUT2D eigenvalue weighted by atomic mass is 9.93. The first-order chi connectivity index (χ1) is 38.9. The zero-order chi connectivity index (χ0) is 56.4. The molecular formula is C74H129NO4. The van der Waals surface area contributed by atoms with Crippen LogP contribution >= 0.6 is 0 Å². The third-order valence-electron chi connectivity index (χ3n) is 16.8. The molecule has 0 heterocycles. The van der Waals surface area contributed by atoms with E-state index >= 15 is 0 Å². The molecule has 454 valence electrons. The van der Waals surface area contributed by atoms with Crippen LogP contribution in [0.5, 0.6) is 23.0 Å². The van der Waals surface area contributed by atoms with Crippen LogP contribution < -0.4 is 24.7 Å². The molecule has 0 aromatic heterocycles. The topological polar surface area (TPSA) is 62.9 Å². The van der Waals surface area contributed by atoms with E-state index in [9.17, 15) is 0 Å². The second kappa shape index (κ2) is 49.7. The maximum atomic E-state index is 6.75. The van der Waals surface area contributed by atoms with Gasteiger partial charge in [-0.15, -0.1) is 0 Å². The molecule has 0 amide bonds. The fourth-order valence-electron chi connectivity index (χ4n) is 11.4. The van der Waals surface area contributed by atoms with Crippen molar-refractivity contribution in [3.05, 3.63) is 59.7 Å². The molecule has 0 aliphatic carbocycles. The summed E-state index contributed by atoms with van der Waals surface area (Å²) in [4.78, 5) is 0. The Bertz CT molecular complexity index is 1760. The van der Waals surface area contributed by atoms with Crippen molar-refractivity contribution in [2.45, 2.75) is 355 Å². The number of nitrogens with two attached hydrogens (primary N) is 1. The number of unbranched alkanes of at least 4 members (excludes halogenated alkanes) is 45. The molecule has 0 atom stereocenters. The zero-order valence-electron chi connectivity index (χ0n) is 53.1. The zero-order valence-corrected chi connectivity index (χ0v) is 53.1. The summed E-state index contributed by atoms with van der Waals surface area (Å²) in [6.45, 7) is 13.5. The van der Waals surface area contributed by atoms with Gasteiger partial charge >= 0.3 is 0 Å². The minimum atomic E-state index is -0.386. The van der Waals surface area contributed by atoms with Crippen LogP contribution in [-0.2, 0) is 12.1 Å². The maximum Gasteiger partial charge on any atom is 0.203 e. The van der Waals surface area contributed by atoms with Crippen molar-refractivity contribution in [2.24, 2.45) is 5.73 Å². The van der Waals surface area contributed by atoms with Gasteiger partial charge in [0.15, 0.2) is 11.5 Å². The van der Waals surface area contributed by atoms with Crippen molar-refractivity contribution in [1.29, 1.82) is 0 Å². The summed E-state index contributed by atoms with van der Waals surface area (Å²) >= 11 is 0. The molecule has 79 heavy (non-hydrogen) atoms. The molecule has 0 saturated carbocycles. The molecule has 5 heteroatoms. The summed E-state index contributed by atoms with van der Waals surface area (Å²) in [7, 11) is 0. The number of hydrogen-bond donors (Lipinski definition) is 1. The molecular weight excluding hydrogens is 967 g/mol. The summed E-state index contributed by atoms with van der Waals surface area (Å²) in [5.41, 5.74) is 8.24. The summed E-state index contributed by atoms with van der Waals surface area (Å²) in [5.74, 6) is 3.23. The van der Waals surface area contributed by atoms with Gasteiger partial charge in [0.25, 0.3) is 0 Å². The van der Waals surface area contributed by atoms with Gasteiger partial charge in [-0.05, 0) is 85.3 Å². The molecule has 0 spiro atoms. The largest absolute Gasteiger partial charge is 0.490 e. The lowest BCUT2D eigenvalue weighted by Crippen LogP contribution is -2.28. The van der Waals surface area contributed by atoms with Gasteiger partial charge in [0.1, 0.15) is 12.4 Å². The SMILES string of the molecule is CCCCCCCCCCCCCCCCCCOc1cc(COc2ccc3cc(C(C)(C)N)ccc3c2)cc(OCCCCCCCCCCCCCCCCCC)c1OCCCCCCCCCCCCCCCCCC. The first-order valence-electron chi connectivity index (χ1n) is 34.9. The molecule has 0 fully saturated rings. The van der Waals surface area contributed by atoms with Gasteiger partial charge < -0.3 is 24.7 Å². The molecule has 0 unspecified atom stereocenters. The van der Waals surface area contributed by atoms with Gasteiger partial charge in [-0.2, -0.15) is 0 Å². The van der Waals surface area contributed by atoms with Gasteiger partial charge in [-0.25, -0.2) is 0 Å². The monoisotopic (exact) mass is 1100 g/mol. The summed E-state index contributed by atoms with van der Waals surface area (Å²) in [6.07, 6.45) is 65.3. The first kappa shape index (κ1) is 70.3. The van der Waals surface area contributed by atoms with Gasteiger partial charge in [0.05, 0.1) is 19.8 Å². The van der Waals surface area contributed by atoms with Gasteiger partial charge in [0.2, 0.25) is 5.75 Å². The Kier molecular flexibility index (Phi) is 44.2. The third-order valence-corrected chi connectivity index (χ3v) is 16.8. The van der Waals surface area contributed by atoms with Crippen LogP contribution in [0, 0.1) is 0 Å². The normalized spacial score (nSPS) is 11.8. The van der Waals surface area contributed by atoms with E-state index in [0.717, 1.165) is 58.8 Å². The summed E-state index contributed by atoms with van der Waals surface area (Å²) in [5, 5.41) is 2.32. The van der Waals surface area contributed by atoms with Gasteiger partial charge in [0, 0.05) is 5.54 Å². The Balaban J connectivity index is 1.55. The Labute approximate surface area is 490 Å². The average molecular weight is 1100 g/mol. The first-order valence-corrected chi connectivity index (χ1v) is 34.9. The minimum absolute atomic E-state index is 0.386. The number of benzene rings is 3. The van der Waals surface area contributed by atoms with E-state index < -0.39 is 0 Å². The molecule has 3 aromatic rings. The Morgan fingerprint density at radius 2 is 0.582 bits per heavy atom. The van der Waals surface area contributed by atoms with E-state index in [2.05, 4.69) is 83.1 Å². The fraction of sp³-hybridized carbons (Fsp3) is 0.784. The van der Waals surface area contributed by atoms with Crippen molar-refractivity contribution in [3.63, 3.8) is 0 Å². The molecule has 2 N–H and O–H groups in total. The molecule has 0 aliphatic heterocycles. The van der Waals surface area contributed by atoms with Crippen molar-refractivity contribution in [3.8, 4) is 23.0 Å². The van der Waals surface area contributed by atoms with Gasteiger partial charge in [-0.3, -0.25) is 0 Å². The van der Waals surface area contributed by atoms with Crippen LogP contribution in [-0.4, -0.2) is 19.8 Å². The van der Waals surface area contributed by atoms with Crippen molar-refractivity contribution in [2.75, 3.05) is 19.8 Å². The highest BCUT2D eigenvalue weighted by molar-refractivity contribution is 5.84. The Morgan fingerprint density at radius 1 is 0.304 bits per heavy atom. The quantitative estimate of drug-likeness (QED) is 0.0571. The highest BCUT2D eigenvalue weighted by Gasteiger charge is 2.18. The standard InChI is InChI=1S/C74H129NO4/c1-6-9-12-15-18-21-24-27-30-33-36-39-42-45-48-51-58-76-71-61-66(65-79-70-57-55-67-63-69(74(4,5)75)56-54-68(67)64-70)62-72(77-59-52-49-46-43-40-37-34-31-28-25-22-19-16-13-10-7-2)73(71)78-60-53-50-47-44-41-38-35-32-29-26-23-20-17-14-11-8-3/h54-57,61-64H,6-53,58-60,65,75H2,1-5H3. The van der Waals surface area contributed by atoms with E-state index in [1.165, 1.54) is 294 Å². The third kappa shape index (κ3) is 37.7. The van der Waals surface area contributed by atoms with E-state index in [4.69, 9.17) is 24.7 Å². The van der Waals surface area contributed by atoms with Crippen LogP contribution in [0.3, 0.4) is 0 Å². The number of fused-ring (bicyclic) bond motifs is 1. The molecule has 0 bridgehead atoms. The lowest BCUT2D eigenvalue weighted by molar-refractivity contribution is 0.232. The van der Waals surface area contributed by atoms with Crippen LogP contribution in [0.1, 0.15) is 354 Å². The van der Waals surface area contributed by atoms with Crippen LogP contribution in [0.2, 0.25) is 0 Å². The van der Waals surface area contributed by atoms with Crippen LogP contribution in [0.25, 0.3) is 10.8 Å².